The van der Waals surface area contributed by atoms with Gasteiger partial charge in [-0.15, -0.1) is 0 Å². The molecule has 0 bridgehead atoms. The number of urea groups is 1. The van der Waals surface area contributed by atoms with Gasteiger partial charge in [-0.2, -0.15) is 0 Å². The number of likely N-dealkylation sites (N-methyl/N-ethyl adjacent to an activating group) is 1. The van der Waals surface area contributed by atoms with Gasteiger partial charge in [0.05, 0.1) is 19.8 Å². The van der Waals surface area contributed by atoms with E-state index in [1.165, 1.54) is 0 Å². The van der Waals surface area contributed by atoms with Crippen molar-refractivity contribution < 1.29 is 14.3 Å². The van der Waals surface area contributed by atoms with Crippen molar-refractivity contribution in [3.63, 3.8) is 0 Å². The summed E-state index contributed by atoms with van der Waals surface area (Å²) in [5.41, 5.74) is 1.86. The Morgan fingerprint density at radius 3 is 2.72 bits per heavy atom. The van der Waals surface area contributed by atoms with Gasteiger partial charge in [-0.05, 0) is 18.6 Å². The Labute approximate surface area is 107 Å². The average molecular weight is 250 g/mol. The molecule has 1 aliphatic rings. The molecule has 1 heterocycles. The van der Waals surface area contributed by atoms with E-state index in [0.29, 0.717) is 19.8 Å². The first-order valence-electron chi connectivity index (χ1n) is 5.98. The van der Waals surface area contributed by atoms with Gasteiger partial charge < -0.3 is 19.7 Å². The third-order valence-corrected chi connectivity index (χ3v) is 2.85. The summed E-state index contributed by atoms with van der Waals surface area (Å²) in [7, 11) is 1.72. The molecule has 0 aromatic heterocycles. The van der Waals surface area contributed by atoms with E-state index in [1.54, 1.807) is 11.9 Å². The molecule has 2 rings (SSSR count). The highest BCUT2D eigenvalue weighted by molar-refractivity contribution is 5.89. The number of anilines is 1. The molecular formula is C13H18N2O3. The topological polar surface area (TPSA) is 50.8 Å². The van der Waals surface area contributed by atoms with Crippen molar-refractivity contribution in [2.75, 3.05) is 32.1 Å². The number of aryl methyl sites for hydroxylation is 1. The van der Waals surface area contributed by atoms with E-state index < -0.39 is 0 Å². The summed E-state index contributed by atoms with van der Waals surface area (Å²) in [5.74, 6) is 0. The van der Waals surface area contributed by atoms with Crippen molar-refractivity contribution in [1.29, 1.82) is 0 Å². The molecule has 5 heteroatoms. The van der Waals surface area contributed by atoms with Gasteiger partial charge in [0.25, 0.3) is 0 Å². The van der Waals surface area contributed by atoms with Crippen LogP contribution < -0.4 is 5.32 Å². The van der Waals surface area contributed by atoms with E-state index in [2.05, 4.69) is 5.32 Å². The van der Waals surface area contributed by atoms with Crippen molar-refractivity contribution in [2.24, 2.45) is 0 Å². The van der Waals surface area contributed by atoms with Crippen LogP contribution in [0.4, 0.5) is 10.5 Å². The molecule has 1 fully saturated rings. The van der Waals surface area contributed by atoms with Crippen molar-refractivity contribution in [1.82, 2.24) is 4.90 Å². The molecule has 1 aromatic rings. The fourth-order valence-corrected chi connectivity index (χ4v) is 1.74. The van der Waals surface area contributed by atoms with E-state index in [4.69, 9.17) is 9.47 Å². The minimum absolute atomic E-state index is 0.164. The summed E-state index contributed by atoms with van der Waals surface area (Å²) >= 11 is 0. The summed E-state index contributed by atoms with van der Waals surface area (Å²) in [6.45, 7) is 3.58. The molecule has 0 spiro atoms. The predicted octanol–water partition coefficient (Wildman–Crippen LogP) is 1.83. The van der Waals surface area contributed by atoms with E-state index in [-0.39, 0.29) is 12.3 Å². The molecule has 0 radical (unpaired) electrons. The SMILES string of the molecule is Cc1ccccc1NC(=O)N(C)CC1OCCO1. The number of benzene rings is 1. The van der Waals surface area contributed by atoms with Gasteiger partial charge in [0.2, 0.25) is 0 Å². The summed E-state index contributed by atoms with van der Waals surface area (Å²) in [5, 5.41) is 2.86. The van der Waals surface area contributed by atoms with Crippen LogP contribution in [0.5, 0.6) is 0 Å². The van der Waals surface area contributed by atoms with Crippen molar-refractivity contribution >= 4 is 11.7 Å². The van der Waals surface area contributed by atoms with Gasteiger partial charge in [-0.1, -0.05) is 18.2 Å². The van der Waals surface area contributed by atoms with Crippen LogP contribution in [0.3, 0.4) is 0 Å². The van der Waals surface area contributed by atoms with Crippen LogP contribution in [0.15, 0.2) is 24.3 Å². The second-order valence-corrected chi connectivity index (χ2v) is 4.30. The summed E-state index contributed by atoms with van der Waals surface area (Å²) in [4.78, 5) is 13.5. The highest BCUT2D eigenvalue weighted by Crippen LogP contribution is 2.14. The van der Waals surface area contributed by atoms with Crippen LogP contribution in [0.1, 0.15) is 5.56 Å². The number of carbonyl (C=O) groups excluding carboxylic acids is 1. The number of amides is 2. The number of ether oxygens (including phenoxy) is 2. The zero-order valence-corrected chi connectivity index (χ0v) is 10.7. The van der Waals surface area contributed by atoms with Crippen LogP contribution in [0.2, 0.25) is 0 Å². The van der Waals surface area contributed by atoms with Gasteiger partial charge in [-0.3, -0.25) is 0 Å². The Kier molecular flexibility index (Phi) is 4.17. The number of rotatable bonds is 3. The van der Waals surface area contributed by atoms with Crippen LogP contribution >= 0.6 is 0 Å². The molecule has 0 aliphatic carbocycles. The molecule has 0 unspecified atom stereocenters. The summed E-state index contributed by atoms with van der Waals surface area (Å²) in [6.07, 6.45) is -0.308. The first-order chi connectivity index (χ1) is 8.66. The highest BCUT2D eigenvalue weighted by Gasteiger charge is 2.20. The number of hydrogen-bond donors (Lipinski definition) is 1. The molecule has 1 saturated heterocycles. The molecule has 5 nitrogen and oxygen atoms in total. The zero-order chi connectivity index (χ0) is 13.0. The molecule has 1 N–H and O–H groups in total. The quantitative estimate of drug-likeness (QED) is 0.890. The molecule has 98 valence electrons. The number of hydrogen-bond acceptors (Lipinski definition) is 3. The highest BCUT2D eigenvalue weighted by atomic mass is 16.7. The first kappa shape index (κ1) is 12.9. The summed E-state index contributed by atoms with van der Waals surface area (Å²) in [6, 6.07) is 7.51. The largest absolute Gasteiger partial charge is 0.348 e. The molecule has 0 atom stereocenters. The fourth-order valence-electron chi connectivity index (χ4n) is 1.74. The number of nitrogens with zero attached hydrogens (tertiary/aromatic N) is 1. The summed E-state index contributed by atoms with van der Waals surface area (Å²) < 4.78 is 10.6. The Hall–Kier alpha value is -1.59. The number of carbonyl (C=O) groups is 1. The monoisotopic (exact) mass is 250 g/mol. The fraction of sp³-hybridized carbons (Fsp3) is 0.462. The van der Waals surface area contributed by atoms with E-state index >= 15 is 0 Å². The second-order valence-electron chi connectivity index (χ2n) is 4.30. The molecule has 0 saturated carbocycles. The van der Waals surface area contributed by atoms with Crippen molar-refractivity contribution in [2.45, 2.75) is 13.2 Å². The molecule has 1 aromatic carbocycles. The molecule has 18 heavy (non-hydrogen) atoms. The average Bonchev–Trinajstić information content (AvgIpc) is 2.84. The second kappa shape index (κ2) is 5.84. The third kappa shape index (κ3) is 3.21. The van der Waals surface area contributed by atoms with Crippen molar-refractivity contribution in [3.8, 4) is 0 Å². The lowest BCUT2D eigenvalue weighted by atomic mass is 10.2. The van der Waals surface area contributed by atoms with E-state index in [9.17, 15) is 4.79 Å². The first-order valence-corrected chi connectivity index (χ1v) is 5.98. The lowest BCUT2D eigenvalue weighted by molar-refractivity contribution is -0.0518. The van der Waals surface area contributed by atoms with Crippen molar-refractivity contribution in [3.05, 3.63) is 29.8 Å². The smallest absolute Gasteiger partial charge is 0.321 e. The van der Waals surface area contributed by atoms with Crippen LogP contribution in [-0.2, 0) is 9.47 Å². The maximum absolute atomic E-state index is 12.0. The lowest BCUT2D eigenvalue weighted by Gasteiger charge is -2.21. The molecule has 2 amide bonds. The Balaban J connectivity index is 1.89. The van der Waals surface area contributed by atoms with E-state index in [0.717, 1.165) is 11.3 Å². The standard InChI is InChI=1S/C13H18N2O3/c1-10-5-3-4-6-11(10)14-13(16)15(2)9-12-17-7-8-18-12/h3-6,12H,7-9H2,1-2H3,(H,14,16). The normalized spacial score (nSPS) is 15.7. The Morgan fingerprint density at radius 2 is 2.06 bits per heavy atom. The number of para-hydroxylation sites is 1. The third-order valence-electron chi connectivity index (χ3n) is 2.85. The minimum atomic E-state index is -0.308. The number of nitrogens with one attached hydrogen (secondary N) is 1. The predicted molar refractivity (Wildman–Crippen MR) is 68.5 cm³/mol. The maximum Gasteiger partial charge on any atom is 0.321 e. The Morgan fingerprint density at radius 1 is 1.39 bits per heavy atom. The van der Waals surface area contributed by atoms with Crippen LogP contribution in [0.25, 0.3) is 0 Å². The van der Waals surface area contributed by atoms with Gasteiger partial charge in [-0.25, -0.2) is 4.79 Å². The zero-order valence-electron chi connectivity index (χ0n) is 10.7. The molecular weight excluding hydrogens is 232 g/mol. The van der Waals surface area contributed by atoms with Gasteiger partial charge in [0, 0.05) is 12.7 Å². The van der Waals surface area contributed by atoms with Crippen LogP contribution in [0, 0.1) is 6.92 Å². The molecule has 1 aliphatic heterocycles. The van der Waals surface area contributed by atoms with E-state index in [1.807, 2.05) is 31.2 Å². The lowest BCUT2D eigenvalue weighted by Crippen LogP contribution is -2.37. The van der Waals surface area contributed by atoms with Crippen LogP contribution in [-0.4, -0.2) is 44.0 Å². The Bertz CT molecular complexity index is 416. The minimum Gasteiger partial charge on any atom is -0.348 e. The van der Waals surface area contributed by atoms with Gasteiger partial charge in [0.15, 0.2) is 6.29 Å². The van der Waals surface area contributed by atoms with Gasteiger partial charge >= 0.3 is 6.03 Å². The maximum atomic E-state index is 12.0. The van der Waals surface area contributed by atoms with Gasteiger partial charge in [0.1, 0.15) is 0 Å².